The number of ether oxygens (including phenoxy) is 1. The monoisotopic (exact) mass is 314 g/mol. The lowest BCUT2D eigenvalue weighted by Gasteiger charge is -2.31. The van der Waals surface area contributed by atoms with Gasteiger partial charge in [-0.1, -0.05) is 0 Å². The van der Waals surface area contributed by atoms with E-state index in [1.165, 1.54) is 7.11 Å². The first-order valence-corrected chi connectivity index (χ1v) is 7.20. The second-order valence-corrected chi connectivity index (χ2v) is 5.09. The van der Waals surface area contributed by atoms with Gasteiger partial charge in [0.1, 0.15) is 0 Å². The molecule has 21 heavy (non-hydrogen) atoms. The molecule has 8 nitrogen and oxygen atoms in total. The van der Waals surface area contributed by atoms with Gasteiger partial charge in [-0.25, -0.2) is 0 Å². The van der Waals surface area contributed by atoms with E-state index in [-0.39, 0.29) is 23.1 Å². The molecule has 0 aliphatic carbocycles. The van der Waals surface area contributed by atoms with Gasteiger partial charge in [0.05, 0.1) is 13.0 Å². The second-order valence-electron chi connectivity index (χ2n) is 4.76. The van der Waals surface area contributed by atoms with Gasteiger partial charge in [-0.05, 0) is 24.4 Å². The highest BCUT2D eigenvalue weighted by molar-refractivity contribution is 6.28. The molecule has 1 unspecified atom stereocenters. The summed E-state index contributed by atoms with van der Waals surface area (Å²) < 4.78 is 4.99. The first kappa shape index (κ1) is 15.7. The van der Waals surface area contributed by atoms with E-state index in [0.717, 1.165) is 19.4 Å². The summed E-state index contributed by atoms with van der Waals surface area (Å²) in [6.07, 6.45) is 1.72. The zero-order chi connectivity index (χ0) is 15.2. The standard InChI is InChI=1S/C12H19ClN6O2/c1-21-12-17-10(13)16-11(18-12)19-6-2-3-8(7-19)9(20)15-5-4-14/h8H,2-7,14H2,1H3,(H,15,20). The molecule has 1 amide bonds. The highest BCUT2D eigenvalue weighted by Gasteiger charge is 2.27. The molecule has 0 aromatic carbocycles. The molecule has 2 heterocycles. The predicted molar refractivity (Wildman–Crippen MR) is 78.4 cm³/mol. The highest BCUT2D eigenvalue weighted by atomic mass is 35.5. The summed E-state index contributed by atoms with van der Waals surface area (Å²) in [5, 5.41) is 2.89. The maximum absolute atomic E-state index is 12.0. The van der Waals surface area contributed by atoms with Crippen LogP contribution in [0.1, 0.15) is 12.8 Å². The van der Waals surface area contributed by atoms with E-state index in [1.54, 1.807) is 0 Å². The minimum Gasteiger partial charge on any atom is -0.467 e. The Labute approximate surface area is 128 Å². The smallest absolute Gasteiger partial charge is 0.322 e. The Morgan fingerprint density at radius 1 is 1.52 bits per heavy atom. The van der Waals surface area contributed by atoms with Crippen LogP contribution in [0.4, 0.5) is 5.95 Å². The molecule has 1 aliphatic heterocycles. The molecule has 1 atom stereocenters. The number of piperidine rings is 1. The number of amides is 1. The van der Waals surface area contributed by atoms with Crippen molar-refractivity contribution in [1.82, 2.24) is 20.3 Å². The van der Waals surface area contributed by atoms with Gasteiger partial charge in [0.15, 0.2) is 0 Å². The molecule has 3 N–H and O–H groups in total. The van der Waals surface area contributed by atoms with E-state index in [1.807, 2.05) is 4.90 Å². The average molecular weight is 315 g/mol. The van der Waals surface area contributed by atoms with E-state index < -0.39 is 0 Å². The summed E-state index contributed by atoms with van der Waals surface area (Å²) in [4.78, 5) is 26.1. The lowest BCUT2D eigenvalue weighted by atomic mass is 9.97. The second kappa shape index (κ2) is 7.37. The van der Waals surface area contributed by atoms with E-state index >= 15 is 0 Å². The van der Waals surface area contributed by atoms with E-state index in [9.17, 15) is 4.79 Å². The van der Waals surface area contributed by atoms with Crippen LogP contribution in [0.2, 0.25) is 5.28 Å². The number of anilines is 1. The highest BCUT2D eigenvalue weighted by Crippen LogP contribution is 2.22. The number of rotatable bonds is 5. The Kier molecular flexibility index (Phi) is 5.51. The fraction of sp³-hybridized carbons (Fsp3) is 0.667. The van der Waals surface area contributed by atoms with Crippen LogP contribution >= 0.6 is 11.6 Å². The Morgan fingerprint density at radius 2 is 2.33 bits per heavy atom. The first-order valence-electron chi connectivity index (χ1n) is 6.82. The van der Waals surface area contributed by atoms with Gasteiger partial charge in [0.2, 0.25) is 17.1 Å². The van der Waals surface area contributed by atoms with Crippen LogP contribution in [0.5, 0.6) is 6.01 Å². The molecule has 0 spiro atoms. The third-order valence-electron chi connectivity index (χ3n) is 3.28. The van der Waals surface area contributed by atoms with Crippen LogP contribution in [0.15, 0.2) is 0 Å². The molecule has 0 bridgehead atoms. The van der Waals surface area contributed by atoms with E-state index in [4.69, 9.17) is 22.1 Å². The molecule has 1 saturated heterocycles. The van der Waals surface area contributed by atoms with Crippen LogP contribution in [-0.4, -0.2) is 54.1 Å². The molecular weight excluding hydrogens is 296 g/mol. The molecule has 1 aromatic heterocycles. The summed E-state index contributed by atoms with van der Waals surface area (Å²) in [7, 11) is 1.47. The average Bonchev–Trinajstić information content (AvgIpc) is 2.52. The molecule has 1 fully saturated rings. The summed E-state index contributed by atoms with van der Waals surface area (Å²) >= 11 is 5.85. The molecular formula is C12H19ClN6O2. The van der Waals surface area contributed by atoms with Gasteiger partial charge < -0.3 is 20.7 Å². The van der Waals surface area contributed by atoms with Crippen molar-refractivity contribution in [3.63, 3.8) is 0 Å². The maximum atomic E-state index is 12.0. The van der Waals surface area contributed by atoms with Gasteiger partial charge in [-0.15, -0.1) is 0 Å². The number of hydrogen-bond donors (Lipinski definition) is 2. The quantitative estimate of drug-likeness (QED) is 0.776. The first-order chi connectivity index (χ1) is 10.1. The Morgan fingerprint density at radius 3 is 3.05 bits per heavy atom. The van der Waals surface area contributed by atoms with Crippen LogP contribution in [0.25, 0.3) is 0 Å². The number of nitrogens with one attached hydrogen (secondary N) is 1. The topological polar surface area (TPSA) is 106 Å². The summed E-state index contributed by atoms with van der Waals surface area (Å²) in [6, 6.07) is 0.166. The summed E-state index contributed by atoms with van der Waals surface area (Å²) in [5.74, 6) is 0.340. The molecule has 9 heteroatoms. The Bertz CT molecular complexity index is 501. The molecule has 2 rings (SSSR count). The van der Waals surface area contributed by atoms with Crippen molar-refractivity contribution in [2.24, 2.45) is 11.7 Å². The van der Waals surface area contributed by atoms with Gasteiger partial charge in [0, 0.05) is 26.2 Å². The van der Waals surface area contributed by atoms with Crippen LogP contribution < -0.4 is 20.7 Å². The minimum absolute atomic E-state index is 0.0114. The molecule has 0 radical (unpaired) electrons. The molecule has 116 valence electrons. The van der Waals surface area contributed by atoms with Crippen molar-refractivity contribution in [3.05, 3.63) is 5.28 Å². The van der Waals surface area contributed by atoms with Crippen LogP contribution in [0, 0.1) is 5.92 Å². The van der Waals surface area contributed by atoms with Gasteiger partial charge in [0.25, 0.3) is 0 Å². The summed E-state index contributed by atoms with van der Waals surface area (Å²) in [5.41, 5.74) is 5.39. The normalized spacial score (nSPS) is 18.4. The van der Waals surface area contributed by atoms with Crippen LogP contribution in [-0.2, 0) is 4.79 Å². The number of halogens is 1. The van der Waals surface area contributed by atoms with Crippen molar-refractivity contribution in [3.8, 4) is 6.01 Å². The number of aromatic nitrogens is 3. The van der Waals surface area contributed by atoms with E-state index in [2.05, 4.69) is 20.3 Å². The van der Waals surface area contributed by atoms with E-state index in [0.29, 0.717) is 25.6 Å². The van der Waals surface area contributed by atoms with Gasteiger partial charge in [-0.2, -0.15) is 15.0 Å². The summed E-state index contributed by atoms with van der Waals surface area (Å²) in [6.45, 7) is 2.23. The number of nitrogens with zero attached hydrogens (tertiary/aromatic N) is 4. The molecule has 1 aromatic rings. The number of hydrogen-bond acceptors (Lipinski definition) is 7. The number of carbonyl (C=O) groups is 1. The fourth-order valence-electron chi connectivity index (χ4n) is 2.27. The lowest BCUT2D eigenvalue weighted by molar-refractivity contribution is -0.125. The third kappa shape index (κ3) is 4.15. The zero-order valence-electron chi connectivity index (χ0n) is 11.9. The zero-order valence-corrected chi connectivity index (χ0v) is 12.6. The van der Waals surface area contributed by atoms with Gasteiger partial charge in [-0.3, -0.25) is 4.79 Å². The molecule has 1 aliphatic rings. The minimum atomic E-state index is -0.105. The van der Waals surface area contributed by atoms with Crippen molar-refractivity contribution >= 4 is 23.5 Å². The largest absolute Gasteiger partial charge is 0.467 e. The number of carbonyl (C=O) groups excluding carboxylic acids is 1. The van der Waals surface area contributed by atoms with Crippen molar-refractivity contribution in [2.75, 3.05) is 38.2 Å². The Balaban J connectivity index is 2.06. The van der Waals surface area contributed by atoms with Gasteiger partial charge >= 0.3 is 6.01 Å². The molecule has 0 saturated carbocycles. The maximum Gasteiger partial charge on any atom is 0.322 e. The fourth-order valence-corrected chi connectivity index (χ4v) is 2.42. The predicted octanol–water partition coefficient (Wildman–Crippen LogP) is -0.175. The third-order valence-corrected chi connectivity index (χ3v) is 3.45. The van der Waals surface area contributed by atoms with Crippen molar-refractivity contribution in [1.29, 1.82) is 0 Å². The lowest BCUT2D eigenvalue weighted by Crippen LogP contribution is -2.44. The SMILES string of the molecule is COc1nc(Cl)nc(N2CCCC(C(=O)NCCN)C2)n1. The van der Waals surface area contributed by atoms with Crippen molar-refractivity contribution < 1.29 is 9.53 Å². The van der Waals surface area contributed by atoms with Crippen LogP contribution in [0.3, 0.4) is 0 Å². The van der Waals surface area contributed by atoms with Crippen molar-refractivity contribution in [2.45, 2.75) is 12.8 Å². The number of nitrogens with two attached hydrogens (primary N) is 1. The number of methoxy groups -OCH3 is 1. The Hall–Kier alpha value is -1.67.